The minimum Gasteiger partial charge on any atom is -0.398 e. The Balaban J connectivity index is 0.000000705. The van der Waals surface area contributed by atoms with Crippen molar-refractivity contribution in [2.24, 2.45) is 5.73 Å². The molecule has 1 amide bonds. The molecular formula is C15H14F6N2O2. The number of hydrogen-bond acceptors (Lipinski definition) is 3. The monoisotopic (exact) mass is 368 g/mol. The number of nitrogens with two attached hydrogens (primary N) is 2. The fraction of sp³-hybridized carbons (Fsp3) is 0.267. The Hall–Kier alpha value is -2.49. The third-order valence-electron chi connectivity index (χ3n) is 3.18. The first kappa shape index (κ1) is 20.6. The Labute approximate surface area is 138 Å². The van der Waals surface area contributed by atoms with E-state index in [0.717, 1.165) is 6.07 Å². The number of anilines is 1. The quantitative estimate of drug-likeness (QED) is 0.533. The Morgan fingerprint density at radius 3 is 1.84 bits per heavy atom. The van der Waals surface area contributed by atoms with Crippen molar-refractivity contribution in [3.63, 3.8) is 0 Å². The number of amides is 1. The van der Waals surface area contributed by atoms with Gasteiger partial charge in [0.25, 0.3) is 5.60 Å². The van der Waals surface area contributed by atoms with Crippen molar-refractivity contribution < 1.29 is 36.2 Å². The fourth-order valence-corrected chi connectivity index (χ4v) is 2.08. The van der Waals surface area contributed by atoms with Crippen LogP contribution >= 0.6 is 0 Å². The van der Waals surface area contributed by atoms with Crippen LogP contribution in [0, 0.1) is 0 Å². The molecule has 0 saturated heterocycles. The highest BCUT2D eigenvalue weighted by Crippen LogP contribution is 2.52. The second-order valence-electron chi connectivity index (χ2n) is 5.06. The molecule has 0 saturated carbocycles. The minimum atomic E-state index is -5.96. The second-order valence-corrected chi connectivity index (χ2v) is 5.06. The van der Waals surface area contributed by atoms with E-state index in [0.29, 0.717) is 11.5 Å². The van der Waals surface area contributed by atoms with Gasteiger partial charge in [0, 0.05) is 23.6 Å². The van der Waals surface area contributed by atoms with Crippen LogP contribution in [0.25, 0.3) is 10.8 Å². The van der Waals surface area contributed by atoms with E-state index in [2.05, 4.69) is 5.73 Å². The molecule has 2 rings (SSSR count). The van der Waals surface area contributed by atoms with Gasteiger partial charge in [-0.05, 0) is 5.39 Å². The van der Waals surface area contributed by atoms with Gasteiger partial charge >= 0.3 is 12.4 Å². The SMILES string of the molecule is CC(N)=O.Nc1c(C(O)(C(F)(F)F)C(F)(F)F)ccc2ccccc12. The van der Waals surface area contributed by atoms with Gasteiger partial charge < -0.3 is 16.6 Å². The zero-order chi connectivity index (χ0) is 19.6. The van der Waals surface area contributed by atoms with Crippen molar-refractivity contribution in [1.29, 1.82) is 0 Å². The summed E-state index contributed by atoms with van der Waals surface area (Å²) in [4.78, 5) is 9.22. The van der Waals surface area contributed by atoms with E-state index in [1.807, 2.05) is 0 Å². The van der Waals surface area contributed by atoms with Gasteiger partial charge in [-0.15, -0.1) is 0 Å². The normalized spacial score (nSPS) is 12.5. The van der Waals surface area contributed by atoms with Gasteiger partial charge in [-0.25, -0.2) is 0 Å². The minimum absolute atomic E-state index is 0.00178. The average Bonchev–Trinajstić information content (AvgIpc) is 2.44. The van der Waals surface area contributed by atoms with Gasteiger partial charge in [0.2, 0.25) is 5.91 Å². The number of fused-ring (bicyclic) bond motifs is 1. The van der Waals surface area contributed by atoms with E-state index in [9.17, 15) is 36.2 Å². The zero-order valence-electron chi connectivity index (χ0n) is 12.7. The van der Waals surface area contributed by atoms with E-state index in [1.54, 1.807) is 6.07 Å². The molecule has 0 unspecified atom stereocenters. The third kappa shape index (κ3) is 3.95. The summed E-state index contributed by atoms with van der Waals surface area (Å²) in [6, 6.07) is 7.32. The molecule has 0 aliphatic rings. The molecule has 0 radical (unpaired) electrons. The van der Waals surface area contributed by atoms with Gasteiger partial charge in [0.05, 0.1) is 0 Å². The Morgan fingerprint density at radius 1 is 0.960 bits per heavy atom. The number of carbonyl (C=O) groups is 1. The number of rotatable bonds is 1. The van der Waals surface area contributed by atoms with E-state index >= 15 is 0 Å². The number of halogens is 6. The molecule has 0 aromatic heterocycles. The lowest BCUT2D eigenvalue weighted by atomic mass is 9.88. The molecule has 2 aromatic carbocycles. The van der Waals surface area contributed by atoms with Gasteiger partial charge in [-0.2, -0.15) is 26.3 Å². The maximum absolute atomic E-state index is 12.8. The standard InChI is InChI=1S/C13H9F6NO.C2H5NO/c14-12(15,16)11(21,13(17,18)19)9-6-5-7-3-1-2-4-8(7)10(9)20;1-2(3)4/h1-6,21H,20H2;1H3,(H2,3,4). The summed E-state index contributed by atoms with van der Waals surface area (Å²) in [5.41, 5.74) is 2.70. The number of nitrogen functional groups attached to an aromatic ring is 1. The van der Waals surface area contributed by atoms with Crippen molar-refractivity contribution in [3.05, 3.63) is 42.0 Å². The van der Waals surface area contributed by atoms with Gasteiger partial charge in [-0.1, -0.05) is 36.4 Å². The molecule has 5 N–H and O–H groups in total. The van der Waals surface area contributed by atoms with Crippen LogP contribution < -0.4 is 11.5 Å². The Kier molecular flexibility index (Phi) is 5.58. The summed E-state index contributed by atoms with van der Waals surface area (Å²) in [5.74, 6) is -0.333. The molecule has 138 valence electrons. The molecule has 0 spiro atoms. The second kappa shape index (κ2) is 6.79. The average molecular weight is 368 g/mol. The maximum Gasteiger partial charge on any atom is 0.430 e. The highest BCUT2D eigenvalue weighted by atomic mass is 19.4. The number of aliphatic hydroxyl groups is 1. The topological polar surface area (TPSA) is 89.3 Å². The number of carbonyl (C=O) groups excluding carboxylic acids is 1. The van der Waals surface area contributed by atoms with Crippen LogP contribution in [-0.4, -0.2) is 23.4 Å². The van der Waals surface area contributed by atoms with Crippen LogP contribution in [0.3, 0.4) is 0 Å². The first-order valence-corrected chi connectivity index (χ1v) is 6.63. The van der Waals surface area contributed by atoms with Crippen LogP contribution in [0.4, 0.5) is 32.0 Å². The Bertz CT molecular complexity index is 753. The summed E-state index contributed by atoms with van der Waals surface area (Å²) in [6.45, 7) is 1.31. The maximum atomic E-state index is 12.8. The third-order valence-corrected chi connectivity index (χ3v) is 3.18. The summed E-state index contributed by atoms with van der Waals surface area (Å²) >= 11 is 0. The molecule has 25 heavy (non-hydrogen) atoms. The lowest BCUT2D eigenvalue weighted by Gasteiger charge is -2.33. The fourth-order valence-electron chi connectivity index (χ4n) is 2.08. The van der Waals surface area contributed by atoms with Gasteiger partial charge in [0.1, 0.15) is 0 Å². The first-order valence-electron chi connectivity index (χ1n) is 6.63. The molecule has 4 nitrogen and oxygen atoms in total. The number of alkyl halides is 6. The summed E-state index contributed by atoms with van der Waals surface area (Å²) in [6.07, 6.45) is -11.9. The highest BCUT2D eigenvalue weighted by Gasteiger charge is 2.72. The van der Waals surface area contributed by atoms with E-state index in [4.69, 9.17) is 5.73 Å². The largest absolute Gasteiger partial charge is 0.430 e. The summed E-state index contributed by atoms with van der Waals surface area (Å²) < 4.78 is 77.0. The van der Waals surface area contributed by atoms with Crippen LogP contribution in [0.1, 0.15) is 12.5 Å². The van der Waals surface area contributed by atoms with Crippen molar-refractivity contribution in [3.8, 4) is 0 Å². The number of benzene rings is 2. The smallest absolute Gasteiger partial charge is 0.398 e. The molecular weight excluding hydrogens is 354 g/mol. The zero-order valence-corrected chi connectivity index (χ0v) is 12.7. The molecule has 0 heterocycles. The van der Waals surface area contributed by atoms with Crippen molar-refractivity contribution in [2.75, 3.05) is 5.73 Å². The van der Waals surface area contributed by atoms with Crippen LogP contribution in [0.5, 0.6) is 0 Å². The van der Waals surface area contributed by atoms with Crippen molar-refractivity contribution >= 4 is 22.4 Å². The highest BCUT2D eigenvalue weighted by molar-refractivity contribution is 5.94. The molecule has 10 heteroatoms. The van der Waals surface area contributed by atoms with Gasteiger partial charge in [0.15, 0.2) is 0 Å². The molecule has 0 aliphatic heterocycles. The van der Waals surface area contributed by atoms with Crippen LogP contribution in [0.2, 0.25) is 0 Å². The lowest BCUT2D eigenvalue weighted by molar-refractivity contribution is -0.375. The predicted octanol–water partition coefficient (Wildman–Crippen LogP) is 3.23. The predicted molar refractivity (Wildman–Crippen MR) is 79.2 cm³/mol. The number of primary amides is 1. The Morgan fingerprint density at radius 2 is 1.40 bits per heavy atom. The van der Waals surface area contributed by atoms with E-state index in [-0.39, 0.29) is 11.3 Å². The van der Waals surface area contributed by atoms with E-state index < -0.39 is 29.2 Å². The van der Waals surface area contributed by atoms with Crippen molar-refractivity contribution in [2.45, 2.75) is 24.9 Å². The number of hydrogen-bond donors (Lipinski definition) is 3. The summed E-state index contributed by atoms with van der Waals surface area (Å²) in [7, 11) is 0. The summed E-state index contributed by atoms with van der Waals surface area (Å²) in [5, 5.41) is 9.73. The molecule has 0 atom stereocenters. The van der Waals surface area contributed by atoms with Crippen molar-refractivity contribution in [1.82, 2.24) is 0 Å². The molecule has 0 aliphatic carbocycles. The first-order chi connectivity index (χ1) is 11.2. The van der Waals surface area contributed by atoms with E-state index in [1.165, 1.54) is 25.1 Å². The molecule has 0 fully saturated rings. The molecule has 2 aromatic rings. The van der Waals surface area contributed by atoms with Crippen LogP contribution in [-0.2, 0) is 10.4 Å². The van der Waals surface area contributed by atoms with Gasteiger partial charge in [-0.3, -0.25) is 4.79 Å². The molecule has 0 bridgehead atoms. The lowest BCUT2D eigenvalue weighted by Crippen LogP contribution is -2.54. The van der Waals surface area contributed by atoms with Crippen LogP contribution in [0.15, 0.2) is 36.4 Å².